The van der Waals surface area contributed by atoms with Crippen LogP contribution in [0.15, 0.2) is 0 Å². The van der Waals surface area contributed by atoms with Crippen LogP contribution in [0.4, 0.5) is 0 Å². The Morgan fingerprint density at radius 2 is 1.90 bits per heavy atom. The Bertz CT molecular complexity index is 333. The molecule has 2 atom stereocenters. The maximum absolute atomic E-state index is 12.7. The van der Waals surface area contributed by atoms with Crippen LogP contribution in [-0.4, -0.2) is 55.0 Å². The van der Waals surface area contributed by atoms with E-state index in [-0.39, 0.29) is 11.5 Å². The summed E-state index contributed by atoms with van der Waals surface area (Å²) in [7, 11) is 4.25. The van der Waals surface area contributed by atoms with Gasteiger partial charge >= 0.3 is 0 Å². The van der Waals surface area contributed by atoms with Gasteiger partial charge in [0.25, 0.3) is 0 Å². The highest BCUT2D eigenvalue weighted by Crippen LogP contribution is 2.33. The number of carbonyl (C=O) groups excluding carboxylic acids is 1. The summed E-state index contributed by atoms with van der Waals surface area (Å²) in [6.07, 6.45) is 6.56. The number of piperidine rings is 1. The van der Waals surface area contributed by atoms with Crippen molar-refractivity contribution in [3.63, 3.8) is 0 Å². The molecule has 0 spiro atoms. The van der Waals surface area contributed by atoms with Crippen LogP contribution in [0.1, 0.15) is 45.4 Å². The van der Waals surface area contributed by atoms with Crippen molar-refractivity contribution in [2.45, 2.75) is 51.0 Å². The van der Waals surface area contributed by atoms with E-state index in [1.165, 1.54) is 6.42 Å². The molecular weight excluding hydrogens is 250 g/mol. The number of hydrogen-bond acceptors (Lipinski definition) is 3. The van der Waals surface area contributed by atoms with E-state index >= 15 is 0 Å². The minimum absolute atomic E-state index is 0.0432. The highest BCUT2D eigenvalue weighted by Gasteiger charge is 2.40. The van der Waals surface area contributed by atoms with Crippen molar-refractivity contribution in [2.24, 2.45) is 17.6 Å². The number of carbonyl (C=O) groups is 1. The van der Waals surface area contributed by atoms with Gasteiger partial charge < -0.3 is 15.5 Å². The molecule has 1 amide bonds. The molecule has 2 fully saturated rings. The number of likely N-dealkylation sites (tertiary alicyclic amines) is 1. The third-order valence-electron chi connectivity index (χ3n) is 5.10. The van der Waals surface area contributed by atoms with E-state index in [1.54, 1.807) is 0 Å². The molecular formula is C16H31N3O. The molecule has 2 aliphatic rings. The number of hydrogen-bond donors (Lipinski definition) is 1. The molecule has 116 valence electrons. The third kappa shape index (κ3) is 3.73. The molecule has 0 aromatic carbocycles. The van der Waals surface area contributed by atoms with E-state index in [4.69, 9.17) is 5.73 Å². The normalized spacial score (nSPS) is 32.6. The molecule has 1 aliphatic heterocycles. The van der Waals surface area contributed by atoms with Crippen LogP contribution in [-0.2, 0) is 4.79 Å². The van der Waals surface area contributed by atoms with E-state index in [9.17, 15) is 4.79 Å². The molecule has 0 aromatic heterocycles. The highest BCUT2D eigenvalue weighted by molar-refractivity contribution is 5.80. The number of amides is 1. The molecule has 2 unspecified atom stereocenters. The predicted molar refractivity (Wildman–Crippen MR) is 82.4 cm³/mol. The van der Waals surface area contributed by atoms with E-state index in [0.29, 0.717) is 5.91 Å². The van der Waals surface area contributed by atoms with Crippen LogP contribution in [0, 0.1) is 11.8 Å². The Hall–Kier alpha value is -0.610. The van der Waals surface area contributed by atoms with E-state index in [2.05, 4.69) is 30.8 Å². The highest BCUT2D eigenvalue weighted by atomic mass is 16.2. The van der Waals surface area contributed by atoms with Crippen molar-refractivity contribution in [2.75, 3.05) is 33.7 Å². The molecule has 1 aliphatic carbocycles. The van der Waals surface area contributed by atoms with Gasteiger partial charge in [0.05, 0.1) is 5.92 Å². The van der Waals surface area contributed by atoms with Gasteiger partial charge in [-0.3, -0.25) is 4.79 Å². The van der Waals surface area contributed by atoms with Crippen molar-refractivity contribution in [3.8, 4) is 0 Å². The standard InChI is InChI=1S/C16H31N3O/c1-16(17)9-5-4-6-14(16)15(20)19-10-7-13(8-11-19)12-18(2)3/h13-14H,4-12,17H2,1-3H3. The van der Waals surface area contributed by atoms with Crippen molar-refractivity contribution >= 4 is 5.91 Å². The van der Waals surface area contributed by atoms with Crippen molar-refractivity contribution in [1.82, 2.24) is 9.80 Å². The van der Waals surface area contributed by atoms with E-state index in [1.807, 2.05) is 0 Å². The minimum atomic E-state index is -0.296. The molecule has 1 heterocycles. The van der Waals surface area contributed by atoms with E-state index < -0.39 is 0 Å². The topological polar surface area (TPSA) is 49.6 Å². The lowest BCUT2D eigenvalue weighted by atomic mass is 9.73. The third-order valence-corrected chi connectivity index (χ3v) is 5.10. The van der Waals surface area contributed by atoms with Gasteiger partial charge in [-0.25, -0.2) is 0 Å². The van der Waals surface area contributed by atoms with Crippen LogP contribution in [0.3, 0.4) is 0 Å². The van der Waals surface area contributed by atoms with Crippen molar-refractivity contribution < 1.29 is 4.79 Å². The first-order valence-electron chi connectivity index (χ1n) is 8.12. The summed E-state index contributed by atoms with van der Waals surface area (Å²) >= 11 is 0. The predicted octanol–water partition coefficient (Wildman–Crippen LogP) is 1.69. The number of nitrogens with zero attached hydrogens (tertiary/aromatic N) is 2. The van der Waals surface area contributed by atoms with Gasteiger partial charge in [-0.15, -0.1) is 0 Å². The molecule has 20 heavy (non-hydrogen) atoms. The van der Waals surface area contributed by atoms with Crippen LogP contribution in [0.5, 0.6) is 0 Å². The second-order valence-electron chi connectivity index (χ2n) is 7.34. The molecule has 0 bridgehead atoms. The largest absolute Gasteiger partial charge is 0.342 e. The molecule has 2 rings (SSSR count). The summed E-state index contributed by atoms with van der Waals surface area (Å²) in [5, 5.41) is 0. The Balaban J connectivity index is 1.88. The molecule has 1 saturated heterocycles. The molecule has 1 saturated carbocycles. The lowest BCUT2D eigenvalue weighted by Gasteiger charge is -2.42. The zero-order valence-corrected chi connectivity index (χ0v) is 13.4. The molecule has 0 radical (unpaired) electrons. The average Bonchev–Trinajstić information content (AvgIpc) is 2.37. The Morgan fingerprint density at radius 1 is 1.25 bits per heavy atom. The van der Waals surface area contributed by atoms with Gasteiger partial charge in [-0.2, -0.15) is 0 Å². The lowest BCUT2D eigenvalue weighted by Crippen LogP contribution is -2.55. The summed E-state index contributed by atoms with van der Waals surface area (Å²) in [6.45, 7) is 5.04. The fraction of sp³-hybridized carbons (Fsp3) is 0.938. The van der Waals surface area contributed by atoms with E-state index in [0.717, 1.165) is 57.7 Å². The Labute approximate surface area is 123 Å². The maximum atomic E-state index is 12.7. The fourth-order valence-electron chi connectivity index (χ4n) is 3.84. The van der Waals surface area contributed by atoms with Gasteiger partial charge in [0.2, 0.25) is 5.91 Å². The van der Waals surface area contributed by atoms with Gasteiger partial charge in [0.1, 0.15) is 0 Å². The second-order valence-corrected chi connectivity index (χ2v) is 7.34. The van der Waals surface area contributed by atoms with Gasteiger partial charge in [0, 0.05) is 25.2 Å². The minimum Gasteiger partial charge on any atom is -0.342 e. The van der Waals surface area contributed by atoms with Crippen molar-refractivity contribution in [1.29, 1.82) is 0 Å². The zero-order valence-electron chi connectivity index (χ0n) is 13.4. The SMILES string of the molecule is CN(C)CC1CCN(C(=O)C2CCCCC2(C)N)CC1. The van der Waals surface area contributed by atoms with Gasteiger partial charge in [-0.1, -0.05) is 12.8 Å². The van der Waals surface area contributed by atoms with Crippen LogP contribution in [0.2, 0.25) is 0 Å². The summed E-state index contributed by atoms with van der Waals surface area (Å²) in [5.74, 6) is 1.10. The quantitative estimate of drug-likeness (QED) is 0.856. The van der Waals surface area contributed by atoms with Crippen LogP contribution >= 0.6 is 0 Å². The molecule has 0 aromatic rings. The van der Waals surface area contributed by atoms with Gasteiger partial charge in [0.15, 0.2) is 0 Å². The summed E-state index contributed by atoms with van der Waals surface area (Å²) in [5.41, 5.74) is 6.07. The summed E-state index contributed by atoms with van der Waals surface area (Å²) in [6, 6.07) is 0. The first-order valence-corrected chi connectivity index (χ1v) is 8.12. The molecule has 4 nitrogen and oxygen atoms in total. The zero-order chi connectivity index (χ0) is 14.8. The maximum Gasteiger partial charge on any atom is 0.227 e. The second kappa shape index (κ2) is 6.44. The Kier molecular flexibility index (Phi) is 5.08. The first kappa shape index (κ1) is 15.8. The Morgan fingerprint density at radius 3 is 2.45 bits per heavy atom. The van der Waals surface area contributed by atoms with Crippen LogP contribution in [0.25, 0.3) is 0 Å². The fourth-order valence-corrected chi connectivity index (χ4v) is 3.84. The molecule has 4 heteroatoms. The smallest absolute Gasteiger partial charge is 0.227 e. The van der Waals surface area contributed by atoms with Gasteiger partial charge in [-0.05, 0) is 52.6 Å². The average molecular weight is 281 g/mol. The molecule has 2 N–H and O–H groups in total. The van der Waals surface area contributed by atoms with Crippen molar-refractivity contribution in [3.05, 3.63) is 0 Å². The lowest BCUT2D eigenvalue weighted by molar-refractivity contribution is -0.140. The summed E-state index contributed by atoms with van der Waals surface area (Å²) in [4.78, 5) is 17.1. The monoisotopic (exact) mass is 281 g/mol. The van der Waals surface area contributed by atoms with Crippen LogP contribution < -0.4 is 5.73 Å². The number of rotatable bonds is 3. The number of nitrogens with two attached hydrogens (primary N) is 1. The summed E-state index contributed by atoms with van der Waals surface area (Å²) < 4.78 is 0. The first-order chi connectivity index (χ1) is 9.40.